The molecule has 0 unspecified atom stereocenters. The molecule has 1 N–H and O–H groups in total. The molecule has 2 heteroatoms. The second-order valence-electron chi connectivity index (χ2n) is 2.41. The highest BCUT2D eigenvalue weighted by molar-refractivity contribution is 5.80. The van der Waals surface area contributed by atoms with E-state index in [1.807, 2.05) is 0 Å². The molecule has 50 valence electrons. The molecule has 2 nitrogen and oxygen atoms in total. The number of hydrogen-bond acceptors (Lipinski definition) is 2. The summed E-state index contributed by atoms with van der Waals surface area (Å²) in [5.41, 5.74) is 0. The fourth-order valence-electron chi connectivity index (χ4n) is 0.981. The van der Waals surface area contributed by atoms with E-state index in [0.717, 1.165) is 0 Å². The Morgan fingerprint density at radius 2 is 2.33 bits per heavy atom. The standard InChI is InChI=1S/C7H10O2/c1-5(8)6-2-3-7(9)4-6/h2-3,6-7,9H,4H2,1H3/t6-,7+/m1/s1. The van der Waals surface area contributed by atoms with Gasteiger partial charge in [0.05, 0.1) is 6.10 Å². The minimum absolute atomic E-state index is 0.0278. The Balaban J connectivity index is 2.50. The zero-order valence-corrected chi connectivity index (χ0v) is 5.37. The van der Waals surface area contributed by atoms with Crippen LogP contribution in [0, 0.1) is 5.92 Å². The molecule has 0 aromatic rings. The summed E-state index contributed by atoms with van der Waals surface area (Å²) in [6.07, 6.45) is 3.63. The molecule has 1 rings (SSSR count). The molecule has 0 amide bonds. The highest BCUT2D eigenvalue weighted by atomic mass is 16.3. The quantitative estimate of drug-likeness (QED) is 0.520. The molecule has 0 radical (unpaired) electrons. The largest absolute Gasteiger partial charge is 0.389 e. The van der Waals surface area contributed by atoms with Gasteiger partial charge >= 0.3 is 0 Å². The van der Waals surface area contributed by atoms with Crippen molar-refractivity contribution in [2.24, 2.45) is 5.92 Å². The normalized spacial score (nSPS) is 33.1. The summed E-state index contributed by atoms with van der Waals surface area (Å²) in [5, 5.41) is 8.91. The van der Waals surface area contributed by atoms with Crippen LogP contribution in [0.1, 0.15) is 13.3 Å². The van der Waals surface area contributed by atoms with Gasteiger partial charge in [-0.15, -0.1) is 0 Å². The van der Waals surface area contributed by atoms with Crippen molar-refractivity contribution in [1.82, 2.24) is 0 Å². The van der Waals surface area contributed by atoms with Gasteiger partial charge in [-0.05, 0) is 13.3 Å². The van der Waals surface area contributed by atoms with Gasteiger partial charge in [0.1, 0.15) is 5.78 Å². The SMILES string of the molecule is CC(=O)[C@@H]1C=C[C@H](O)C1. The molecule has 0 spiro atoms. The summed E-state index contributed by atoms with van der Waals surface area (Å²) >= 11 is 0. The zero-order valence-electron chi connectivity index (χ0n) is 5.37. The number of hydrogen-bond donors (Lipinski definition) is 1. The minimum atomic E-state index is -0.390. The molecule has 0 saturated carbocycles. The molecule has 2 atom stereocenters. The third-order valence-corrected chi connectivity index (χ3v) is 1.58. The smallest absolute Gasteiger partial charge is 0.136 e. The predicted octanol–water partition coefficient (Wildman–Crippen LogP) is 0.512. The molecule has 9 heavy (non-hydrogen) atoms. The van der Waals surface area contributed by atoms with Crippen LogP contribution >= 0.6 is 0 Å². The third-order valence-electron chi connectivity index (χ3n) is 1.58. The first kappa shape index (κ1) is 6.49. The first-order valence-electron chi connectivity index (χ1n) is 3.07. The molecule has 0 heterocycles. The summed E-state index contributed by atoms with van der Waals surface area (Å²) in [5.74, 6) is 0.114. The van der Waals surface area contributed by atoms with E-state index in [2.05, 4.69) is 0 Å². The van der Waals surface area contributed by atoms with Gasteiger partial charge in [-0.25, -0.2) is 0 Å². The van der Waals surface area contributed by atoms with E-state index >= 15 is 0 Å². The number of ketones is 1. The lowest BCUT2D eigenvalue weighted by Gasteiger charge is -2.01. The highest BCUT2D eigenvalue weighted by Crippen LogP contribution is 2.17. The summed E-state index contributed by atoms with van der Waals surface area (Å²) in [7, 11) is 0. The summed E-state index contributed by atoms with van der Waals surface area (Å²) in [6, 6.07) is 0. The molecule has 0 fully saturated rings. The lowest BCUT2D eigenvalue weighted by molar-refractivity contribution is -0.119. The van der Waals surface area contributed by atoms with Crippen LogP contribution < -0.4 is 0 Å². The number of aliphatic hydroxyl groups excluding tert-OH is 1. The summed E-state index contributed by atoms with van der Waals surface area (Å²) in [4.78, 5) is 10.6. The van der Waals surface area contributed by atoms with Crippen molar-refractivity contribution < 1.29 is 9.90 Å². The van der Waals surface area contributed by atoms with Gasteiger partial charge in [-0.3, -0.25) is 4.79 Å². The lowest BCUT2D eigenvalue weighted by atomic mass is 10.1. The fraction of sp³-hybridized carbons (Fsp3) is 0.571. The maximum atomic E-state index is 10.6. The number of carbonyl (C=O) groups is 1. The van der Waals surface area contributed by atoms with Crippen molar-refractivity contribution >= 4 is 5.78 Å². The Labute approximate surface area is 54.2 Å². The zero-order chi connectivity index (χ0) is 6.85. The van der Waals surface area contributed by atoms with Crippen LogP contribution in [-0.2, 0) is 4.79 Å². The summed E-state index contributed by atoms with van der Waals surface area (Å²) in [6.45, 7) is 1.55. The second kappa shape index (κ2) is 2.31. The Kier molecular flexibility index (Phi) is 1.67. The van der Waals surface area contributed by atoms with E-state index in [9.17, 15) is 4.79 Å². The molecule has 0 aromatic carbocycles. The van der Waals surface area contributed by atoms with Gasteiger partial charge in [0.15, 0.2) is 0 Å². The van der Waals surface area contributed by atoms with Crippen molar-refractivity contribution in [1.29, 1.82) is 0 Å². The predicted molar refractivity (Wildman–Crippen MR) is 33.9 cm³/mol. The van der Waals surface area contributed by atoms with Crippen molar-refractivity contribution in [3.63, 3.8) is 0 Å². The average molecular weight is 126 g/mol. The van der Waals surface area contributed by atoms with Crippen molar-refractivity contribution in [2.75, 3.05) is 0 Å². The van der Waals surface area contributed by atoms with Crippen LogP contribution in [0.2, 0.25) is 0 Å². The maximum absolute atomic E-state index is 10.6. The number of Topliss-reactive ketones (excluding diaryl/α,β-unsaturated/α-hetero) is 1. The van der Waals surface area contributed by atoms with Gasteiger partial charge in [0.25, 0.3) is 0 Å². The van der Waals surface area contributed by atoms with Crippen molar-refractivity contribution in [3.8, 4) is 0 Å². The van der Waals surface area contributed by atoms with Gasteiger partial charge in [-0.1, -0.05) is 12.2 Å². The van der Waals surface area contributed by atoms with Crippen LogP contribution in [-0.4, -0.2) is 17.0 Å². The lowest BCUT2D eigenvalue weighted by Crippen LogP contribution is -2.08. The molecule has 0 saturated heterocycles. The average Bonchev–Trinajstić information content (AvgIpc) is 2.14. The number of aliphatic hydroxyl groups is 1. The van der Waals surface area contributed by atoms with Crippen LogP contribution in [0.4, 0.5) is 0 Å². The Bertz CT molecular complexity index is 149. The first-order valence-corrected chi connectivity index (χ1v) is 3.07. The van der Waals surface area contributed by atoms with Gasteiger partial charge in [-0.2, -0.15) is 0 Å². The molecule has 0 aliphatic heterocycles. The van der Waals surface area contributed by atoms with Crippen molar-refractivity contribution in [3.05, 3.63) is 12.2 Å². The molecule has 1 aliphatic carbocycles. The van der Waals surface area contributed by atoms with Gasteiger partial charge in [0.2, 0.25) is 0 Å². The van der Waals surface area contributed by atoms with Crippen LogP contribution in [0.5, 0.6) is 0 Å². The molecule has 0 bridgehead atoms. The van der Waals surface area contributed by atoms with Gasteiger partial charge in [0, 0.05) is 5.92 Å². The number of rotatable bonds is 1. The van der Waals surface area contributed by atoms with Crippen LogP contribution in [0.3, 0.4) is 0 Å². The molecule has 1 aliphatic rings. The molecular weight excluding hydrogens is 116 g/mol. The van der Waals surface area contributed by atoms with E-state index in [-0.39, 0.29) is 17.8 Å². The number of allylic oxidation sites excluding steroid dienone is 1. The first-order chi connectivity index (χ1) is 4.20. The van der Waals surface area contributed by atoms with Gasteiger partial charge < -0.3 is 5.11 Å². The van der Waals surface area contributed by atoms with E-state index in [1.54, 1.807) is 19.1 Å². The molecule has 0 aromatic heterocycles. The Hall–Kier alpha value is -0.630. The highest BCUT2D eigenvalue weighted by Gasteiger charge is 2.19. The third kappa shape index (κ3) is 1.39. The van der Waals surface area contributed by atoms with E-state index in [1.165, 1.54) is 0 Å². The monoisotopic (exact) mass is 126 g/mol. The minimum Gasteiger partial charge on any atom is -0.389 e. The van der Waals surface area contributed by atoms with E-state index in [4.69, 9.17) is 5.11 Å². The van der Waals surface area contributed by atoms with Crippen molar-refractivity contribution in [2.45, 2.75) is 19.4 Å². The fourth-order valence-corrected chi connectivity index (χ4v) is 0.981. The van der Waals surface area contributed by atoms with Crippen LogP contribution in [0.25, 0.3) is 0 Å². The second-order valence-corrected chi connectivity index (χ2v) is 2.41. The maximum Gasteiger partial charge on any atom is 0.136 e. The Morgan fingerprint density at radius 1 is 1.67 bits per heavy atom. The van der Waals surface area contributed by atoms with E-state index < -0.39 is 0 Å². The molecular formula is C7H10O2. The van der Waals surface area contributed by atoms with Crippen LogP contribution in [0.15, 0.2) is 12.2 Å². The van der Waals surface area contributed by atoms with E-state index in [0.29, 0.717) is 6.42 Å². The summed E-state index contributed by atoms with van der Waals surface area (Å²) < 4.78 is 0. The topological polar surface area (TPSA) is 37.3 Å². The Morgan fingerprint density at radius 3 is 2.56 bits per heavy atom. The number of carbonyl (C=O) groups excluding carboxylic acids is 1.